The minimum absolute atomic E-state index is 0.0529. The molecule has 2 rings (SSSR count). The summed E-state index contributed by atoms with van der Waals surface area (Å²) < 4.78 is 13.2. The quantitative estimate of drug-likeness (QED) is 0.861. The number of hydrogen-bond donors (Lipinski definition) is 2. The smallest absolute Gasteiger partial charge is 0.123 e. The van der Waals surface area contributed by atoms with Crippen LogP contribution in [0.1, 0.15) is 50.7 Å². The number of hydrogen-bond acceptors (Lipinski definition) is 2. The first-order valence-corrected chi connectivity index (χ1v) is 6.90. The van der Waals surface area contributed by atoms with E-state index in [1.807, 2.05) is 0 Å². The normalized spacial score (nSPS) is 25.9. The molecule has 2 N–H and O–H groups in total. The molecule has 1 aliphatic rings. The van der Waals surface area contributed by atoms with Gasteiger partial charge in [-0.15, -0.1) is 0 Å². The number of halogens is 1. The lowest BCUT2D eigenvalue weighted by molar-refractivity contribution is 0.0995. The molecule has 1 fully saturated rings. The Morgan fingerprint density at radius 1 is 1.44 bits per heavy atom. The average molecular weight is 251 g/mol. The fourth-order valence-electron chi connectivity index (χ4n) is 2.80. The van der Waals surface area contributed by atoms with E-state index in [4.69, 9.17) is 0 Å². The van der Waals surface area contributed by atoms with Gasteiger partial charge >= 0.3 is 0 Å². The lowest BCUT2D eigenvalue weighted by atomic mass is 9.90. The van der Waals surface area contributed by atoms with Gasteiger partial charge < -0.3 is 10.4 Å². The Balaban J connectivity index is 2.02. The molecule has 3 heteroatoms. The molecule has 1 aliphatic heterocycles. The van der Waals surface area contributed by atoms with Crippen molar-refractivity contribution < 1.29 is 9.50 Å². The van der Waals surface area contributed by atoms with E-state index in [1.54, 1.807) is 12.1 Å². The lowest BCUT2D eigenvalue weighted by Gasteiger charge is -2.34. The van der Waals surface area contributed by atoms with Crippen LogP contribution in [0, 0.1) is 5.82 Å². The van der Waals surface area contributed by atoms with Crippen molar-refractivity contribution in [2.24, 2.45) is 0 Å². The second-order valence-corrected chi connectivity index (χ2v) is 5.19. The van der Waals surface area contributed by atoms with Crippen molar-refractivity contribution in [3.63, 3.8) is 0 Å². The first-order valence-electron chi connectivity index (χ1n) is 6.90. The summed E-state index contributed by atoms with van der Waals surface area (Å²) in [5, 5.41) is 13.8. The van der Waals surface area contributed by atoms with Gasteiger partial charge in [0.1, 0.15) is 5.82 Å². The van der Waals surface area contributed by atoms with Gasteiger partial charge in [-0.1, -0.05) is 31.9 Å². The molecule has 1 heterocycles. The molecule has 0 aromatic heterocycles. The summed E-state index contributed by atoms with van der Waals surface area (Å²) in [6, 6.07) is 6.83. The zero-order valence-corrected chi connectivity index (χ0v) is 10.9. The third-order valence-corrected chi connectivity index (χ3v) is 3.73. The first kappa shape index (κ1) is 13.5. The van der Waals surface area contributed by atoms with E-state index < -0.39 is 6.10 Å². The Morgan fingerprint density at radius 2 is 2.28 bits per heavy atom. The molecule has 0 radical (unpaired) electrons. The number of piperidine rings is 1. The number of aliphatic hydroxyl groups excluding tert-OH is 1. The molecule has 1 aromatic rings. The van der Waals surface area contributed by atoms with Crippen LogP contribution in [-0.2, 0) is 0 Å². The van der Waals surface area contributed by atoms with Gasteiger partial charge in [-0.2, -0.15) is 0 Å². The molecule has 18 heavy (non-hydrogen) atoms. The van der Waals surface area contributed by atoms with Crippen molar-refractivity contribution in [2.45, 2.75) is 57.2 Å². The highest BCUT2D eigenvalue weighted by Gasteiger charge is 2.27. The van der Waals surface area contributed by atoms with Gasteiger partial charge in [0, 0.05) is 12.1 Å². The highest BCUT2D eigenvalue weighted by molar-refractivity contribution is 5.20. The monoisotopic (exact) mass is 251 g/mol. The van der Waals surface area contributed by atoms with Crippen molar-refractivity contribution in [1.82, 2.24) is 5.32 Å². The fourth-order valence-corrected chi connectivity index (χ4v) is 2.80. The molecule has 0 aliphatic carbocycles. The van der Waals surface area contributed by atoms with Crippen LogP contribution in [0.4, 0.5) is 4.39 Å². The zero-order chi connectivity index (χ0) is 13.0. The summed E-state index contributed by atoms with van der Waals surface area (Å²) in [5.41, 5.74) is 0.671. The highest BCUT2D eigenvalue weighted by atomic mass is 19.1. The van der Waals surface area contributed by atoms with Crippen molar-refractivity contribution in [1.29, 1.82) is 0 Å². The summed E-state index contributed by atoms with van der Waals surface area (Å²) in [7, 11) is 0. The topological polar surface area (TPSA) is 32.3 Å². The summed E-state index contributed by atoms with van der Waals surface area (Å²) in [5.74, 6) is -0.285. The molecular weight excluding hydrogens is 229 g/mol. The molecule has 0 amide bonds. The summed E-state index contributed by atoms with van der Waals surface area (Å²) >= 11 is 0. The van der Waals surface area contributed by atoms with Gasteiger partial charge in [-0.05, 0) is 37.0 Å². The Bertz CT molecular complexity index is 381. The van der Waals surface area contributed by atoms with Crippen molar-refractivity contribution in [3.8, 4) is 0 Å². The van der Waals surface area contributed by atoms with Crippen molar-refractivity contribution >= 4 is 0 Å². The maximum absolute atomic E-state index is 13.2. The first-order chi connectivity index (χ1) is 8.70. The molecule has 0 spiro atoms. The minimum Gasteiger partial charge on any atom is -0.387 e. The van der Waals surface area contributed by atoms with E-state index in [0.717, 1.165) is 25.7 Å². The molecule has 3 atom stereocenters. The van der Waals surface area contributed by atoms with Crippen LogP contribution >= 0.6 is 0 Å². The van der Waals surface area contributed by atoms with E-state index in [-0.39, 0.29) is 11.9 Å². The molecule has 1 aromatic carbocycles. The predicted molar refractivity (Wildman–Crippen MR) is 70.8 cm³/mol. The summed E-state index contributed by atoms with van der Waals surface area (Å²) in [6.07, 6.45) is 4.96. The molecule has 100 valence electrons. The second kappa shape index (κ2) is 6.30. The number of nitrogens with one attached hydrogen (secondary N) is 1. The third kappa shape index (κ3) is 3.30. The summed E-state index contributed by atoms with van der Waals surface area (Å²) in [4.78, 5) is 0. The van der Waals surface area contributed by atoms with Gasteiger partial charge in [0.15, 0.2) is 0 Å². The van der Waals surface area contributed by atoms with E-state index in [9.17, 15) is 9.50 Å². The third-order valence-electron chi connectivity index (χ3n) is 3.73. The highest BCUT2D eigenvalue weighted by Crippen LogP contribution is 2.26. The SMILES string of the molecule is CCC[C@@H]1CCC[C@H](C(O)c2cccc(F)c2)N1. The van der Waals surface area contributed by atoms with Gasteiger partial charge in [0.2, 0.25) is 0 Å². The predicted octanol–water partition coefficient (Wildman–Crippen LogP) is 3.17. The zero-order valence-electron chi connectivity index (χ0n) is 10.9. The van der Waals surface area contributed by atoms with Crippen LogP contribution in [-0.4, -0.2) is 17.2 Å². The van der Waals surface area contributed by atoms with E-state index in [0.29, 0.717) is 11.6 Å². The van der Waals surface area contributed by atoms with Gasteiger partial charge in [-0.25, -0.2) is 4.39 Å². The van der Waals surface area contributed by atoms with Crippen LogP contribution in [0.2, 0.25) is 0 Å². The van der Waals surface area contributed by atoms with Crippen molar-refractivity contribution in [3.05, 3.63) is 35.6 Å². The molecule has 0 bridgehead atoms. The Kier molecular flexibility index (Phi) is 4.72. The standard InChI is InChI=1S/C15H22FNO/c1-2-5-13-8-4-9-14(17-13)15(18)11-6-3-7-12(16)10-11/h3,6-7,10,13-15,17-18H,2,4-5,8-9H2,1H3/t13-,14-,15?/m1/s1. The van der Waals surface area contributed by atoms with Crippen LogP contribution in [0.25, 0.3) is 0 Å². The Hall–Kier alpha value is -0.930. The summed E-state index contributed by atoms with van der Waals surface area (Å²) in [6.45, 7) is 2.17. The molecule has 0 saturated carbocycles. The van der Waals surface area contributed by atoms with Crippen LogP contribution < -0.4 is 5.32 Å². The van der Waals surface area contributed by atoms with Crippen LogP contribution in [0.3, 0.4) is 0 Å². The molecule has 2 nitrogen and oxygen atoms in total. The van der Waals surface area contributed by atoms with Gasteiger partial charge in [0.05, 0.1) is 6.10 Å². The average Bonchev–Trinajstić information content (AvgIpc) is 2.39. The second-order valence-electron chi connectivity index (χ2n) is 5.19. The number of benzene rings is 1. The molecule has 1 unspecified atom stereocenters. The number of rotatable bonds is 4. The fraction of sp³-hybridized carbons (Fsp3) is 0.600. The largest absolute Gasteiger partial charge is 0.387 e. The number of aliphatic hydroxyl groups is 1. The maximum atomic E-state index is 13.2. The van der Waals surface area contributed by atoms with Gasteiger partial charge in [-0.3, -0.25) is 0 Å². The Morgan fingerprint density at radius 3 is 3.00 bits per heavy atom. The lowest BCUT2D eigenvalue weighted by Crippen LogP contribution is -2.45. The van der Waals surface area contributed by atoms with Crippen LogP contribution in [0.5, 0.6) is 0 Å². The van der Waals surface area contributed by atoms with Crippen molar-refractivity contribution in [2.75, 3.05) is 0 Å². The molecule has 1 saturated heterocycles. The maximum Gasteiger partial charge on any atom is 0.123 e. The molecular formula is C15H22FNO. The Labute approximate surface area is 108 Å². The van der Waals surface area contributed by atoms with Crippen LogP contribution in [0.15, 0.2) is 24.3 Å². The van der Waals surface area contributed by atoms with E-state index in [2.05, 4.69) is 12.2 Å². The van der Waals surface area contributed by atoms with Gasteiger partial charge in [0.25, 0.3) is 0 Å². The van der Waals surface area contributed by atoms with E-state index in [1.165, 1.54) is 18.6 Å². The van der Waals surface area contributed by atoms with E-state index >= 15 is 0 Å². The minimum atomic E-state index is -0.611.